The molecule has 0 aliphatic carbocycles. The lowest BCUT2D eigenvalue weighted by Gasteiger charge is -2.17. The third-order valence-corrected chi connectivity index (χ3v) is 2.23. The van der Waals surface area contributed by atoms with Crippen molar-refractivity contribution in [1.82, 2.24) is 4.90 Å². The van der Waals surface area contributed by atoms with Crippen LogP contribution in [0, 0.1) is 5.41 Å². The van der Waals surface area contributed by atoms with E-state index in [0.29, 0.717) is 6.42 Å². The van der Waals surface area contributed by atoms with Gasteiger partial charge < -0.3 is 10.2 Å². The fraction of sp³-hybridized carbons (Fsp3) is 0.714. The molecular weight excluding hydrogens is 162 g/mol. The molecule has 1 fully saturated rings. The Morgan fingerprint density at radius 1 is 1.75 bits per heavy atom. The molecule has 1 aliphatic heterocycles. The van der Waals surface area contributed by atoms with Gasteiger partial charge in [0.25, 0.3) is 0 Å². The van der Waals surface area contributed by atoms with Crippen LogP contribution in [0.25, 0.3) is 0 Å². The Hall–Kier alpha value is -1.10. The van der Waals surface area contributed by atoms with Crippen LogP contribution in [0.15, 0.2) is 0 Å². The van der Waals surface area contributed by atoms with Gasteiger partial charge >= 0.3 is 6.09 Å². The second-order valence-corrected chi connectivity index (χ2v) is 3.21. The van der Waals surface area contributed by atoms with Crippen molar-refractivity contribution in [3.63, 3.8) is 0 Å². The Morgan fingerprint density at radius 2 is 2.33 bits per heavy atom. The second-order valence-electron chi connectivity index (χ2n) is 3.21. The zero-order chi connectivity index (χ0) is 9.35. The van der Waals surface area contributed by atoms with Crippen molar-refractivity contribution >= 4 is 12.0 Å². The Bertz CT molecular complexity index is 227. The molecule has 0 spiro atoms. The van der Waals surface area contributed by atoms with Gasteiger partial charge in [0.2, 0.25) is 5.91 Å². The Labute approximate surface area is 69.6 Å². The minimum absolute atomic E-state index is 0.186. The summed E-state index contributed by atoms with van der Waals surface area (Å²) in [5, 5.41) is 17.4. The molecule has 0 aromatic carbocycles. The molecule has 1 heterocycles. The van der Waals surface area contributed by atoms with E-state index in [9.17, 15) is 9.59 Å². The van der Waals surface area contributed by atoms with E-state index >= 15 is 0 Å². The number of carboxylic acid groups (broad SMARTS) is 1. The lowest BCUT2D eigenvalue weighted by atomic mass is 9.90. The summed E-state index contributed by atoms with van der Waals surface area (Å²) in [6.45, 7) is 1.46. The van der Waals surface area contributed by atoms with Crippen LogP contribution in [-0.4, -0.2) is 40.3 Å². The molecule has 0 aromatic rings. The lowest BCUT2D eigenvalue weighted by molar-refractivity contribution is -0.135. The van der Waals surface area contributed by atoms with Crippen molar-refractivity contribution in [1.29, 1.82) is 0 Å². The molecule has 5 nitrogen and oxygen atoms in total. The number of aliphatic hydroxyl groups excluding tert-OH is 1. The average molecular weight is 173 g/mol. The van der Waals surface area contributed by atoms with Crippen LogP contribution in [0.3, 0.4) is 0 Å². The summed E-state index contributed by atoms with van der Waals surface area (Å²) in [6.07, 6.45) is -0.841. The summed E-state index contributed by atoms with van der Waals surface area (Å²) < 4.78 is 0. The number of hydrogen-bond acceptors (Lipinski definition) is 3. The summed E-state index contributed by atoms with van der Waals surface area (Å²) in [6, 6.07) is 0. The van der Waals surface area contributed by atoms with E-state index in [1.165, 1.54) is 0 Å². The molecule has 0 saturated carbocycles. The van der Waals surface area contributed by atoms with Gasteiger partial charge in [0, 0.05) is 6.54 Å². The first-order valence-electron chi connectivity index (χ1n) is 3.67. The van der Waals surface area contributed by atoms with Crippen LogP contribution in [0.4, 0.5) is 4.79 Å². The predicted octanol–water partition coefficient (Wildman–Crippen LogP) is -0.105. The number of likely N-dealkylation sites (tertiary alicyclic amines) is 1. The normalized spacial score (nSPS) is 29.5. The molecule has 1 aliphatic rings. The standard InChI is InChI=1S/C7H11NO4/c1-7(4-9)2-3-8(5(7)10)6(11)12/h9H,2-4H2,1H3,(H,11,12). The third-order valence-electron chi connectivity index (χ3n) is 2.23. The highest BCUT2D eigenvalue weighted by atomic mass is 16.4. The highest BCUT2D eigenvalue weighted by molar-refractivity contribution is 5.96. The molecule has 0 radical (unpaired) electrons. The lowest BCUT2D eigenvalue weighted by Crippen LogP contribution is -2.37. The van der Waals surface area contributed by atoms with Gasteiger partial charge in [0.1, 0.15) is 0 Å². The number of imide groups is 1. The van der Waals surface area contributed by atoms with Gasteiger partial charge in [0.15, 0.2) is 0 Å². The molecular formula is C7H11NO4. The van der Waals surface area contributed by atoms with Crippen LogP contribution in [-0.2, 0) is 4.79 Å². The topological polar surface area (TPSA) is 77.8 Å². The largest absolute Gasteiger partial charge is 0.465 e. The molecule has 1 saturated heterocycles. The Kier molecular flexibility index (Phi) is 2.06. The van der Waals surface area contributed by atoms with Gasteiger partial charge in [-0.15, -0.1) is 0 Å². The first kappa shape index (κ1) is 8.99. The van der Waals surface area contributed by atoms with Gasteiger partial charge in [-0.25, -0.2) is 9.69 Å². The summed E-state index contributed by atoms with van der Waals surface area (Å²) in [5.74, 6) is -0.502. The fourth-order valence-corrected chi connectivity index (χ4v) is 1.22. The highest BCUT2D eigenvalue weighted by Crippen LogP contribution is 2.30. The maximum Gasteiger partial charge on any atom is 0.414 e. The zero-order valence-corrected chi connectivity index (χ0v) is 6.78. The van der Waals surface area contributed by atoms with Crippen molar-refractivity contribution < 1.29 is 19.8 Å². The van der Waals surface area contributed by atoms with Gasteiger partial charge in [-0.1, -0.05) is 0 Å². The summed E-state index contributed by atoms with van der Waals surface area (Å²) in [4.78, 5) is 22.5. The van der Waals surface area contributed by atoms with E-state index < -0.39 is 17.4 Å². The van der Waals surface area contributed by atoms with E-state index in [0.717, 1.165) is 4.90 Å². The first-order chi connectivity index (χ1) is 5.51. The molecule has 2 amide bonds. The smallest absolute Gasteiger partial charge is 0.414 e. The Balaban J connectivity index is 2.80. The number of carbonyl (C=O) groups excluding carboxylic acids is 1. The fourth-order valence-electron chi connectivity index (χ4n) is 1.22. The van der Waals surface area contributed by atoms with E-state index in [4.69, 9.17) is 10.2 Å². The molecule has 68 valence electrons. The van der Waals surface area contributed by atoms with Crippen molar-refractivity contribution in [3.05, 3.63) is 0 Å². The molecule has 5 heteroatoms. The molecule has 1 rings (SSSR count). The van der Waals surface area contributed by atoms with E-state index in [2.05, 4.69) is 0 Å². The third kappa shape index (κ3) is 1.16. The van der Waals surface area contributed by atoms with E-state index in [-0.39, 0.29) is 13.2 Å². The van der Waals surface area contributed by atoms with Crippen LogP contribution < -0.4 is 0 Å². The van der Waals surface area contributed by atoms with Crippen LogP contribution >= 0.6 is 0 Å². The second kappa shape index (κ2) is 2.75. The minimum atomic E-state index is -1.24. The van der Waals surface area contributed by atoms with E-state index in [1.807, 2.05) is 0 Å². The van der Waals surface area contributed by atoms with Crippen LogP contribution in [0.1, 0.15) is 13.3 Å². The molecule has 1 atom stereocenters. The van der Waals surface area contributed by atoms with Crippen LogP contribution in [0.2, 0.25) is 0 Å². The Morgan fingerprint density at radius 3 is 2.58 bits per heavy atom. The van der Waals surface area contributed by atoms with E-state index in [1.54, 1.807) is 6.92 Å². The predicted molar refractivity (Wildman–Crippen MR) is 39.5 cm³/mol. The van der Waals surface area contributed by atoms with Crippen molar-refractivity contribution in [3.8, 4) is 0 Å². The number of rotatable bonds is 1. The summed E-state index contributed by atoms with van der Waals surface area (Å²) in [5.41, 5.74) is -0.890. The summed E-state index contributed by atoms with van der Waals surface area (Å²) >= 11 is 0. The number of amides is 2. The maximum absolute atomic E-state index is 11.3. The highest BCUT2D eigenvalue weighted by Gasteiger charge is 2.44. The van der Waals surface area contributed by atoms with Crippen molar-refractivity contribution in [2.45, 2.75) is 13.3 Å². The van der Waals surface area contributed by atoms with Crippen molar-refractivity contribution in [2.24, 2.45) is 5.41 Å². The number of hydrogen-bond donors (Lipinski definition) is 2. The van der Waals surface area contributed by atoms with Gasteiger partial charge in [0.05, 0.1) is 12.0 Å². The monoisotopic (exact) mass is 173 g/mol. The SMILES string of the molecule is CC1(CO)CCN(C(=O)O)C1=O. The van der Waals surface area contributed by atoms with Crippen molar-refractivity contribution in [2.75, 3.05) is 13.2 Å². The molecule has 0 aromatic heterocycles. The van der Waals surface area contributed by atoms with Gasteiger partial charge in [-0.05, 0) is 13.3 Å². The van der Waals surface area contributed by atoms with Gasteiger partial charge in [-0.2, -0.15) is 0 Å². The average Bonchev–Trinajstić information content (AvgIpc) is 2.30. The first-order valence-corrected chi connectivity index (χ1v) is 3.67. The zero-order valence-electron chi connectivity index (χ0n) is 6.78. The molecule has 2 N–H and O–H groups in total. The molecule has 1 unspecified atom stereocenters. The van der Waals surface area contributed by atoms with Gasteiger partial charge in [-0.3, -0.25) is 4.79 Å². The minimum Gasteiger partial charge on any atom is -0.465 e. The molecule has 0 bridgehead atoms. The quantitative estimate of drug-likeness (QED) is 0.580. The number of carbonyl (C=O) groups is 2. The molecule has 12 heavy (non-hydrogen) atoms. The van der Waals surface area contributed by atoms with Crippen LogP contribution in [0.5, 0.6) is 0 Å². The summed E-state index contributed by atoms with van der Waals surface area (Å²) in [7, 11) is 0. The number of aliphatic hydroxyl groups is 1. The maximum atomic E-state index is 11.3. The number of nitrogens with zero attached hydrogens (tertiary/aromatic N) is 1.